The van der Waals surface area contributed by atoms with Crippen LogP contribution in [0.3, 0.4) is 0 Å². The van der Waals surface area contributed by atoms with Crippen LogP contribution in [0.1, 0.15) is 0 Å². The molecule has 0 fully saturated rings. The van der Waals surface area contributed by atoms with E-state index in [2.05, 4.69) is 9.97 Å². The third-order valence-corrected chi connectivity index (χ3v) is 1.43. The van der Waals surface area contributed by atoms with Crippen LogP contribution in [0.25, 0.3) is 5.95 Å². The molecule has 0 aromatic carbocycles. The monoisotopic (exact) mass is 148 g/mol. The van der Waals surface area contributed by atoms with E-state index in [1.54, 1.807) is 6.20 Å². The van der Waals surface area contributed by atoms with Crippen LogP contribution in [0.2, 0.25) is 0 Å². The summed E-state index contributed by atoms with van der Waals surface area (Å²) in [6.45, 7) is 0. The van der Waals surface area contributed by atoms with Crippen LogP contribution < -0.4 is 5.73 Å². The van der Waals surface area contributed by atoms with Gasteiger partial charge in [0.15, 0.2) is 0 Å². The summed E-state index contributed by atoms with van der Waals surface area (Å²) < 4.78 is 1.86. The van der Waals surface area contributed by atoms with Crippen molar-refractivity contribution >= 4 is 5.82 Å². The lowest BCUT2D eigenvalue weighted by molar-refractivity contribution is 0.975. The smallest absolute Gasteiger partial charge is 0.213 e. The maximum absolute atomic E-state index is 5.43. The Morgan fingerprint density at radius 2 is 2.09 bits per heavy atom. The van der Waals surface area contributed by atoms with Gasteiger partial charge in [0.05, 0.1) is 0 Å². The molecule has 0 aliphatic rings. The zero-order valence-corrected chi connectivity index (χ0v) is 5.86. The number of nitrogens with two attached hydrogens (primary N) is 1. The van der Waals surface area contributed by atoms with Gasteiger partial charge in [0, 0.05) is 18.6 Å². The lowest BCUT2D eigenvalue weighted by Gasteiger charge is -1.93. The normalized spacial score (nSPS) is 10.2. The molecule has 0 saturated carbocycles. The Balaban J connectivity index is 2.45. The first-order chi connectivity index (χ1) is 5.36. The third-order valence-electron chi connectivity index (χ3n) is 1.43. The van der Waals surface area contributed by atoms with Crippen LogP contribution in [0.15, 0.2) is 30.7 Å². The number of hydrogen-bond donors (Lipinski definition) is 2. The molecule has 0 spiro atoms. The highest BCUT2D eigenvalue weighted by Gasteiger charge is 1.96. The van der Waals surface area contributed by atoms with Gasteiger partial charge >= 0.3 is 0 Å². The second-order valence-electron chi connectivity index (χ2n) is 2.24. The number of imidazole rings is 1. The summed E-state index contributed by atoms with van der Waals surface area (Å²) in [5.74, 6) is 1.25. The van der Waals surface area contributed by atoms with Crippen molar-refractivity contribution < 1.29 is 0 Å². The highest BCUT2D eigenvalue weighted by atomic mass is 15.2. The molecule has 11 heavy (non-hydrogen) atoms. The van der Waals surface area contributed by atoms with Crippen molar-refractivity contribution in [1.82, 2.24) is 14.5 Å². The van der Waals surface area contributed by atoms with E-state index in [-0.39, 0.29) is 0 Å². The molecule has 2 aromatic heterocycles. The van der Waals surface area contributed by atoms with Gasteiger partial charge < -0.3 is 10.7 Å². The van der Waals surface area contributed by atoms with Crippen LogP contribution in [0.4, 0.5) is 5.82 Å². The second kappa shape index (κ2) is 2.16. The average molecular weight is 148 g/mol. The van der Waals surface area contributed by atoms with Gasteiger partial charge in [0.1, 0.15) is 5.82 Å². The number of nitrogens with one attached hydrogen (secondary N) is 1. The Bertz CT molecular complexity index is 333. The fraction of sp³-hybridized carbons (Fsp3) is 0. The molecular formula is C7H8N4. The molecule has 0 aliphatic carbocycles. The van der Waals surface area contributed by atoms with E-state index in [9.17, 15) is 0 Å². The first-order valence-electron chi connectivity index (χ1n) is 3.30. The minimum atomic E-state index is 0.508. The topological polar surface area (TPSA) is 59.6 Å². The molecule has 2 heterocycles. The van der Waals surface area contributed by atoms with Crippen molar-refractivity contribution in [2.75, 3.05) is 5.73 Å². The van der Waals surface area contributed by atoms with Gasteiger partial charge in [-0.1, -0.05) is 0 Å². The van der Waals surface area contributed by atoms with Gasteiger partial charge in [-0.2, -0.15) is 4.98 Å². The largest absolute Gasteiger partial charge is 0.382 e. The number of anilines is 1. The number of aromatic amines is 1. The number of nitrogen functional groups attached to an aromatic ring is 1. The first kappa shape index (κ1) is 6.03. The minimum absolute atomic E-state index is 0.508. The molecule has 4 nitrogen and oxygen atoms in total. The summed E-state index contributed by atoms with van der Waals surface area (Å²) in [7, 11) is 0. The highest BCUT2D eigenvalue weighted by molar-refractivity contribution is 5.30. The molecule has 0 bridgehead atoms. The molecule has 0 amide bonds. The number of hydrogen-bond acceptors (Lipinski definition) is 2. The molecule has 4 heteroatoms. The van der Waals surface area contributed by atoms with E-state index < -0.39 is 0 Å². The molecule has 2 rings (SSSR count). The van der Waals surface area contributed by atoms with Crippen LogP contribution >= 0.6 is 0 Å². The predicted octanol–water partition coefficient (Wildman–Crippen LogP) is 0.783. The molecule has 2 aromatic rings. The Hall–Kier alpha value is -1.71. The van der Waals surface area contributed by atoms with E-state index in [0.29, 0.717) is 5.82 Å². The zero-order valence-electron chi connectivity index (χ0n) is 5.86. The molecule has 0 atom stereocenters. The molecule has 3 N–H and O–H groups in total. The Labute approximate surface area is 63.7 Å². The highest BCUT2D eigenvalue weighted by Crippen LogP contribution is 2.03. The fourth-order valence-corrected chi connectivity index (χ4v) is 0.933. The van der Waals surface area contributed by atoms with Crippen molar-refractivity contribution in [3.8, 4) is 5.95 Å². The second-order valence-corrected chi connectivity index (χ2v) is 2.24. The standard InChI is InChI=1S/C7H8N4/c8-6-5-9-7(10-6)11-3-1-2-4-11/h1-5H,8H2,(H,9,10). The maximum atomic E-state index is 5.43. The molecule has 0 aliphatic heterocycles. The minimum Gasteiger partial charge on any atom is -0.382 e. The number of H-pyrrole nitrogens is 1. The van der Waals surface area contributed by atoms with E-state index >= 15 is 0 Å². The van der Waals surface area contributed by atoms with E-state index in [1.807, 2.05) is 29.1 Å². The van der Waals surface area contributed by atoms with Crippen LogP contribution in [0, 0.1) is 0 Å². The van der Waals surface area contributed by atoms with Gasteiger partial charge in [-0.25, -0.2) is 0 Å². The Kier molecular flexibility index (Phi) is 1.18. The quantitative estimate of drug-likeness (QED) is 0.627. The Morgan fingerprint density at radius 3 is 2.64 bits per heavy atom. The van der Waals surface area contributed by atoms with Crippen LogP contribution in [0.5, 0.6) is 0 Å². The van der Waals surface area contributed by atoms with Crippen LogP contribution in [-0.2, 0) is 0 Å². The van der Waals surface area contributed by atoms with Crippen molar-refractivity contribution in [1.29, 1.82) is 0 Å². The molecule has 0 radical (unpaired) electrons. The first-order valence-corrected chi connectivity index (χ1v) is 3.30. The van der Waals surface area contributed by atoms with Gasteiger partial charge in [-0.05, 0) is 12.1 Å². The maximum Gasteiger partial charge on any atom is 0.213 e. The molecular weight excluding hydrogens is 140 g/mol. The van der Waals surface area contributed by atoms with Crippen molar-refractivity contribution in [2.24, 2.45) is 0 Å². The SMILES string of the molecule is Nc1c[nH]c(-n2cccc2)n1. The molecule has 0 saturated heterocycles. The number of rotatable bonds is 1. The molecule has 56 valence electrons. The lowest BCUT2D eigenvalue weighted by atomic mass is 10.7. The summed E-state index contributed by atoms with van der Waals surface area (Å²) in [5, 5.41) is 0. The summed E-state index contributed by atoms with van der Waals surface area (Å²) >= 11 is 0. The van der Waals surface area contributed by atoms with Gasteiger partial charge in [0.2, 0.25) is 5.95 Å². The average Bonchev–Trinajstić information content (AvgIpc) is 2.55. The predicted molar refractivity (Wildman–Crippen MR) is 42.3 cm³/mol. The Morgan fingerprint density at radius 1 is 1.36 bits per heavy atom. The summed E-state index contributed by atoms with van der Waals surface area (Å²) in [4.78, 5) is 6.97. The lowest BCUT2D eigenvalue weighted by Crippen LogP contribution is -1.92. The zero-order chi connectivity index (χ0) is 7.68. The third kappa shape index (κ3) is 0.980. The van der Waals surface area contributed by atoms with Crippen LogP contribution in [-0.4, -0.2) is 14.5 Å². The molecule has 0 unspecified atom stereocenters. The number of aromatic nitrogens is 3. The van der Waals surface area contributed by atoms with Gasteiger partial charge in [-0.15, -0.1) is 0 Å². The van der Waals surface area contributed by atoms with Crippen molar-refractivity contribution in [2.45, 2.75) is 0 Å². The fourth-order valence-electron chi connectivity index (χ4n) is 0.933. The van der Waals surface area contributed by atoms with Gasteiger partial charge in [0.25, 0.3) is 0 Å². The summed E-state index contributed by atoms with van der Waals surface area (Å²) in [6, 6.07) is 3.86. The van der Waals surface area contributed by atoms with E-state index in [4.69, 9.17) is 5.73 Å². The van der Waals surface area contributed by atoms with E-state index in [0.717, 1.165) is 5.95 Å². The van der Waals surface area contributed by atoms with Crippen molar-refractivity contribution in [3.05, 3.63) is 30.7 Å². The van der Waals surface area contributed by atoms with E-state index in [1.165, 1.54) is 0 Å². The van der Waals surface area contributed by atoms with Gasteiger partial charge in [-0.3, -0.25) is 4.57 Å². The summed E-state index contributed by atoms with van der Waals surface area (Å²) in [6.07, 6.45) is 5.46. The summed E-state index contributed by atoms with van der Waals surface area (Å²) in [5.41, 5.74) is 5.43. The number of nitrogens with zero attached hydrogens (tertiary/aromatic N) is 2. The van der Waals surface area contributed by atoms with Crippen molar-refractivity contribution in [3.63, 3.8) is 0 Å².